The van der Waals surface area contributed by atoms with E-state index in [1.165, 1.54) is 18.2 Å². The van der Waals surface area contributed by atoms with Crippen molar-refractivity contribution < 1.29 is 13.7 Å². The van der Waals surface area contributed by atoms with Gasteiger partial charge in [-0.1, -0.05) is 41.9 Å². The SMILES string of the molecule is CCc1cccc(NC(=O)c2c(-c3c(F)cccc3Cl)noc2C)c1. The van der Waals surface area contributed by atoms with Gasteiger partial charge >= 0.3 is 0 Å². The smallest absolute Gasteiger partial charge is 0.261 e. The first-order valence-corrected chi connectivity index (χ1v) is 8.20. The molecule has 0 atom stereocenters. The van der Waals surface area contributed by atoms with Gasteiger partial charge in [-0.3, -0.25) is 4.79 Å². The van der Waals surface area contributed by atoms with Gasteiger partial charge in [0, 0.05) is 5.69 Å². The first-order chi connectivity index (χ1) is 12.0. The lowest BCUT2D eigenvalue weighted by atomic mass is 10.0. The minimum absolute atomic E-state index is 0.0495. The molecule has 0 saturated heterocycles. The van der Waals surface area contributed by atoms with Crippen molar-refractivity contribution in [1.82, 2.24) is 5.16 Å². The topological polar surface area (TPSA) is 55.1 Å². The van der Waals surface area contributed by atoms with Crippen LogP contribution in [0.4, 0.5) is 10.1 Å². The highest BCUT2D eigenvalue weighted by Gasteiger charge is 2.25. The van der Waals surface area contributed by atoms with Gasteiger partial charge in [0.05, 0.1) is 10.6 Å². The van der Waals surface area contributed by atoms with E-state index in [9.17, 15) is 9.18 Å². The maximum Gasteiger partial charge on any atom is 0.261 e. The molecule has 0 aliphatic heterocycles. The van der Waals surface area contributed by atoms with Crippen LogP contribution in [0.15, 0.2) is 47.0 Å². The zero-order chi connectivity index (χ0) is 18.0. The minimum atomic E-state index is -0.567. The number of aryl methyl sites for hydroxylation is 2. The van der Waals surface area contributed by atoms with Crippen molar-refractivity contribution in [2.45, 2.75) is 20.3 Å². The fourth-order valence-corrected chi connectivity index (χ4v) is 2.85. The largest absolute Gasteiger partial charge is 0.360 e. The van der Waals surface area contributed by atoms with Crippen LogP contribution in [0, 0.1) is 12.7 Å². The first-order valence-electron chi connectivity index (χ1n) is 7.82. The summed E-state index contributed by atoms with van der Waals surface area (Å²) in [6.07, 6.45) is 0.853. The van der Waals surface area contributed by atoms with E-state index in [-0.39, 0.29) is 21.8 Å². The van der Waals surface area contributed by atoms with E-state index in [1.54, 1.807) is 13.0 Å². The highest BCUT2D eigenvalue weighted by Crippen LogP contribution is 2.33. The standard InChI is InChI=1S/C19H16ClFN2O2/c1-3-12-6-4-7-13(10-12)22-19(24)16-11(2)25-23-18(16)17-14(20)8-5-9-15(17)21/h4-10H,3H2,1-2H3,(H,22,24). The molecule has 25 heavy (non-hydrogen) atoms. The number of rotatable bonds is 4. The van der Waals surface area contributed by atoms with Crippen LogP contribution >= 0.6 is 11.6 Å². The number of aromatic nitrogens is 1. The monoisotopic (exact) mass is 358 g/mol. The molecule has 6 heteroatoms. The van der Waals surface area contributed by atoms with Crippen molar-refractivity contribution in [3.63, 3.8) is 0 Å². The van der Waals surface area contributed by atoms with Gasteiger partial charge < -0.3 is 9.84 Å². The van der Waals surface area contributed by atoms with Crippen LogP contribution < -0.4 is 5.32 Å². The van der Waals surface area contributed by atoms with Crippen LogP contribution in [-0.4, -0.2) is 11.1 Å². The molecule has 1 aromatic heterocycles. The predicted octanol–water partition coefficient (Wildman–Crippen LogP) is 5.26. The minimum Gasteiger partial charge on any atom is -0.360 e. The summed E-state index contributed by atoms with van der Waals surface area (Å²) >= 11 is 6.10. The lowest BCUT2D eigenvalue weighted by molar-refractivity contribution is 0.102. The lowest BCUT2D eigenvalue weighted by Crippen LogP contribution is -2.14. The van der Waals surface area contributed by atoms with Crippen LogP contribution in [0.2, 0.25) is 5.02 Å². The molecule has 0 radical (unpaired) electrons. The van der Waals surface area contributed by atoms with Crippen molar-refractivity contribution in [1.29, 1.82) is 0 Å². The van der Waals surface area contributed by atoms with E-state index in [0.717, 1.165) is 12.0 Å². The Balaban J connectivity index is 2.00. The summed E-state index contributed by atoms with van der Waals surface area (Å²) in [6.45, 7) is 3.63. The Kier molecular flexibility index (Phi) is 4.86. The molecule has 0 unspecified atom stereocenters. The Morgan fingerprint density at radius 2 is 2.04 bits per heavy atom. The van der Waals surface area contributed by atoms with Gasteiger partial charge in [-0.25, -0.2) is 4.39 Å². The number of nitrogens with one attached hydrogen (secondary N) is 1. The average Bonchev–Trinajstić information content (AvgIpc) is 2.96. The molecule has 1 heterocycles. The van der Waals surface area contributed by atoms with Gasteiger partial charge in [0.2, 0.25) is 0 Å². The highest BCUT2D eigenvalue weighted by molar-refractivity contribution is 6.33. The third kappa shape index (κ3) is 3.42. The second-order valence-corrected chi connectivity index (χ2v) is 5.97. The van der Waals surface area contributed by atoms with Gasteiger partial charge in [-0.05, 0) is 43.2 Å². The Bertz CT molecular complexity index is 917. The zero-order valence-corrected chi connectivity index (χ0v) is 14.5. The maximum atomic E-state index is 14.2. The quantitative estimate of drug-likeness (QED) is 0.692. The summed E-state index contributed by atoms with van der Waals surface area (Å²) in [4.78, 5) is 12.7. The van der Waals surface area contributed by atoms with Crippen molar-refractivity contribution in [2.75, 3.05) is 5.32 Å². The van der Waals surface area contributed by atoms with Crippen LogP contribution in [0.25, 0.3) is 11.3 Å². The zero-order valence-electron chi connectivity index (χ0n) is 13.8. The van der Waals surface area contributed by atoms with E-state index in [0.29, 0.717) is 11.4 Å². The third-order valence-corrected chi connectivity index (χ3v) is 4.20. The van der Waals surface area contributed by atoms with Gasteiger partial charge in [0.25, 0.3) is 5.91 Å². The lowest BCUT2D eigenvalue weighted by Gasteiger charge is -2.08. The molecule has 2 aromatic carbocycles. The molecule has 1 amide bonds. The second kappa shape index (κ2) is 7.07. The molecule has 0 saturated carbocycles. The van der Waals surface area contributed by atoms with Crippen LogP contribution in [0.1, 0.15) is 28.6 Å². The molecular weight excluding hydrogens is 343 g/mol. The maximum absolute atomic E-state index is 14.2. The summed E-state index contributed by atoms with van der Waals surface area (Å²) in [7, 11) is 0. The average molecular weight is 359 g/mol. The van der Waals surface area contributed by atoms with E-state index in [4.69, 9.17) is 16.1 Å². The molecule has 0 aliphatic carbocycles. The van der Waals surface area contributed by atoms with Crippen LogP contribution in [0.5, 0.6) is 0 Å². The van der Waals surface area contributed by atoms with Crippen molar-refractivity contribution in [2.24, 2.45) is 0 Å². The molecule has 0 bridgehead atoms. The van der Waals surface area contributed by atoms with Crippen molar-refractivity contribution in [3.05, 3.63) is 70.2 Å². The number of carbonyl (C=O) groups is 1. The summed E-state index contributed by atoms with van der Waals surface area (Å²) in [6, 6.07) is 11.8. The Labute approximate surface area is 149 Å². The summed E-state index contributed by atoms with van der Waals surface area (Å²) in [5, 5.41) is 6.81. The normalized spacial score (nSPS) is 10.7. The summed E-state index contributed by atoms with van der Waals surface area (Å²) in [5.41, 5.74) is 2.04. The first kappa shape index (κ1) is 17.2. The Morgan fingerprint density at radius 3 is 2.76 bits per heavy atom. The van der Waals surface area contributed by atoms with Gasteiger partial charge in [0.15, 0.2) is 0 Å². The number of amides is 1. The molecule has 4 nitrogen and oxygen atoms in total. The summed E-state index contributed by atoms with van der Waals surface area (Å²) < 4.78 is 19.3. The number of benzene rings is 2. The fourth-order valence-electron chi connectivity index (χ4n) is 2.60. The van der Waals surface area contributed by atoms with Crippen LogP contribution in [-0.2, 0) is 6.42 Å². The Hall–Kier alpha value is -2.66. The Morgan fingerprint density at radius 1 is 1.28 bits per heavy atom. The molecular formula is C19H16ClFN2O2. The number of anilines is 1. The van der Waals surface area contributed by atoms with E-state index >= 15 is 0 Å². The van der Waals surface area contributed by atoms with E-state index < -0.39 is 11.7 Å². The number of carbonyl (C=O) groups excluding carboxylic acids is 1. The number of hydrogen-bond acceptors (Lipinski definition) is 3. The number of nitrogens with zero attached hydrogens (tertiary/aromatic N) is 1. The van der Waals surface area contributed by atoms with E-state index in [1.807, 2.05) is 25.1 Å². The highest BCUT2D eigenvalue weighted by atomic mass is 35.5. The van der Waals surface area contributed by atoms with Gasteiger partial charge in [-0.2, -0.15) is 0 Å². The third-order valence-electron chi connectivity index (χ3n) is 3.88. The molecule has 3 aromatic rings. The van der Waals surface area contributed by atoms with Gasteiger partial charge in [-0.15, -0.1) is 0 Å². The number of halogens is 2. The fraction of sp³-hybridized carbons (Fsp3) is 0.158. The molecule has 128 valence electrons. The molecule has 0 fully saturated rings. The van der Waals surface area contributed by atoms with Crippen molar-refractivity contribution in [3.8, 4) is 11.3 Å². The molecule has 1 N–H and O–H groups in total. The molecule has 3 rings (SSSR count). The van der Waals surface area contributed by atoms with Crippen LogP contribution in [0.3, 0.4) is 0 Å². The number of hydrogen-bond donors (Lipinski definition) is 1. The molecule has 0 aliphatic rings. The van der Waals surface area contributed by atoms with Crippen molar-refractivity contribution >= 4 is 23.2 Å². The molecule has 0 spiro atoms. The second-order valence-electron chi connectivity index (χ2n) is 5.57. The predicted molar refractivity (Wildman–Crippen MR) is 95.4 cm³/mol. The van der Waals surface area contributed by atoms with Gasteiger partial charge in [0.1, 0.15) is 22.8 Å². The summed E-state index contributed by atoms with van der Waals surface area (Å²) in [5.74, 6) is -0.706. The van der Waals surface area contributed by atoms with E-state index in [2.05, 4.69) is 10.5 Å².